The number of carbonyl (C=O) groups excluding carboxylic acids is 1. The van der Waals surface area contributed by atoms with Gasteiger partial charge in [-0.1, -0.05) is 48.5 Å². The molecule has 1 atom stereocenters. The van der Waals surface area contributed by atoms with Gasteiger partial charge in [0.05, 0.1) is 18.6 Å². The van der Waals surface area contributed by atoms with E-state index < -0.39 is 5.54 Å². The lowest BCUT2D eigenvalue weighted by atomic mass is 9.89. The van der Waals surface area contributed by atoms with Crippen LogP contribution in [0.1, 0.15) is 18.2 Å². The lowest BCUT2D eigenvalue weighted by Gasteiger charge is -2.38. The molecule has 1 amide bonds. The smallest absolute Gasteiger partial charge is 0.253 e. The van der Waals surface area contributed by atoms with Crippen LogP contribution < -0.4 is 5.32 Å². The van der Waals surface area contributed by atoms with Gasteiger partial charge in [0, 0.05) is 25.0 Å². The van der Waals surface area contributed by atoms with E-state index in [2.05, 4.69) is 14.9 Å². The fourth-order valence-corrected chi connectivity index (χ4v) is 3.50. The SMILES string of the molecule is C[C@](Nc1ccccc1)(C(=O)N1CCn2cncc2C1)c1ccccc1. The average Bonchev–Trinajstić information content (AvgIpc) is 3.16. The monoisotopic (exact) mass is 346 g/mol. The van der Waals surface area contributed by atoms with E-state index in [9.17, 15) is 4.79 Å². The second kappa shape index (κ2) is 6.67. The Hall–Kier alpha value is -3.08. The molecule has 1 aromatic heterocycles. The normalized spacial score (nSPS) is 15.8. The minimum atomic E-state index is -0.842. The molecule has 0 bridgehead atoms. The largest absolute Gasteiger partial charge is 0.368 e. The molecule has 4 rings (SSSR count). The van der Waals surface area contributed by atoms with Crippen LogP contribution in [0.5, 0.6) is 0 Å². The van der Waals surface area contributed by atoms with Crippen LogP contribution in [0.3, 0.4) is 0 Å². The van der Waals surface area contributed by atoms with E-state index in [1.807, 2.05) is 85.0 Å². The Kier molecular flexibility index (Phi) is 4.21. The van der Waals surface area contributed by atoms with Crippen molar-refractivity contribution in [2.24, 2.45) is 0 Å². The molecule has 0 saturated heterocycles. The zero-order valence-electron chi connectivity index (χ0n) is 14.8. The second-order valence-corrected chi connectivity index (χ2v) is 6.79. The summed E-state index contributed by atoms with van der Waals surface area (Å²) in [7, 11) is 0. The number of fused-ring (bicyclic) bond motifs is 1. The standard InChI is InChI=1S/C21H22N4O/c1-21(17-8-4-2-5-9-17,23-18-10-6-3-7-11-18)20(26)24-12-13-25-16-22-14-19(25)15-24/h2-11,14,16,23H,12-13,15H2,1H3/t21-/m1/s1. The van der Waals surface area contributed by atoms with E-state index in [-0.39, 0.29) is 5.91 Å². The molecule has 0 saturated carbocycles. The first-order valence-electron chi connectivity index (χ1n) is 8.84. The van der Waals surface area contributed by atoms with E-state index in [0.717, 1.165) is 23.5 Å². The fraction of sp³-hybridized carbons (Fsp3) is 0.238. The number of nitrogens with one attached hydrogen (secondary N) is 1. The highest BCUT2D eigenvalue weighted by Crippen LogP contribution is 2.30. The minimum Gasteiger partial charge on any atom is -0.368 e. The summed E-state index contributed by atoms with van der Waals surface area (Å²) in [5.74, 6) is 0.0694. The number of rotatable bonds is 4. The molecule has 0 radical (unpaired) electrons. The Balaban J connectivity index is 1.68. The molecule has 5 heteroatoms. The summed E-state index contributed by atoms with van der Waals surface area (Å²) in [6, 6.07) is 19.8. The summed E-state index contributed by atoms with van der Waals surface area (Å²) in [5, 5.41) is 3.47. The molecule has 2 heterocycles. The Morgan fingerprint density at radius 3 is 2.46 bits per heavy atom. The molecular formula is C21H22N4O. The molecule has 3 aromatic rings. The van der Waals surface area contributed by atoms with Gasteiger partial charge in [-0.25, -0.2) is 4.98 Å². The van der Waals surface area contributed by atoms with Gasteiger partial charge in [-0.15, -0.1) is 0 Å². The van der Waals surface area contributed by atoms with E-state index >= 15 is 0 Å². The number of imidazole rings is 1. The highest BCUT2D eigenvalue weighted by molar-refractivity contribution is 5.90. The number of hydrogen-bond acceptors (Lipinski definition) is 3. The Bertz CT molecular complexity index is 891. The Labute approximate surface area is 153 Å². The third-order valence-corrected chi connectivity index (χ3v) is 5.00. The zero-order chi connectivity index (χ0) is 18.0. The predicted octanol–water partition coefficient (Wildman–Crippen LogP) is 3.25. The number of nitrogens with zero attached hydrogens (tertiary/aromatic N) is 3. The molecule has 5 nitrogen and oxygen atoms in total. The van der Waals surface area contributed by atoms with E-state index in [4.69, 9.17) is 0 Å². The highest BCUT2D eigenvalue weighted by Gasteiger charge is 2.39. The van der Waals surface area contributed by atoms with Gasteiger partial charge >= 0.3 is 0 Å². The summed E-state index contributed by atoms with van der Waals surface area (Å²) in [5.41, 5.74) is 2.10. The maximum Gasteiger partial charge on any atom is 0.253 e. The molecule has 0 aliphatic carbocycles. The van der Waals surface area contributed by atoms with E-state index in [0.29, 0.717) is 13.1 Å². The first-order chi connectivity index (χ1) is 12.7. The van der Waals surface area contributed by atoms with Gasteiger partial charge in [-0.05, 0) is 24.6 Å². The van der Waals surface area contributed by atoms with Gasteiger partial charge in [-0.2, -0.15) is 0 Å². The first kappa shape index (κ1) is 16.4. The van der Waals surface area contributed by atoms with Crippen LogP contribution in [0.25, 0.3) is 0 Å². The second-order valence-electron chi connectivity index (χ2n) is 6.79. The maximum atomic E-state index is 13.6. The number of anilines is 1. The molecule has 26 heavy (non-hydrogen) atoms. The summed E-state index contributed by atoms with van der Waals surface area (Å²) in [6.45, 7) is 4.00. The molecule has 1 N–H and O–H groups in total. The molecule has 1 aliphatic rings. The van der Waals surface area contributed by atoms with E-state index in [1.165, 1.54) is 0 Å². The average molecular weight is 346 g/mol. The number of para-hydroxylation sites is 1. The van der Waals surface area contributed by atoms with Crippen LogP contribution in [-0.4, -0.2) is 26.9 Å². The fourth-order valence-electron chi connectivity index (χ4n) is 3.50. The van der Waals surface area contributed by atoms with Crippen molar-refractivity contribution in [1.29, 1.82) is 0 Å². The summed E-state index contributed by atoms with van der Waals surface area (Å²) in [4.78, 5) is 19.7. The summed E-state index contributed by atoms with van der Waals surface area (Å²) in [6.07, 6.45) is 3.67. The highest BCUT2D eigenvalue weighted by atomic mass is 16.2. The van der Waals surface area contributed by atoms with Crippen LogP contribution in [0.15, 0.2) is 73.2 Å². The van der Waals surface area contributed by atoms with Gasteiger partial charge in [0.2, 0.25) is 0 Å². The molecule has 0 fully saturated rings. The molecular weight excluding hydrogens is 324 g/mol. The quantitative estimate of drug-likeness (QED) is 0.789. The van der Waals surface area contributed by atoms with Crippen molar-refractivity contribution in [2.75, 3.05) is 11.9 Å². The number of hydrogen-bond donors (Lipinski definition) is 1. The number of amides is 1. The Morgan fingerprint density at radius 2 is 1.73 bits per heavy atom. The predicted molar refractivity (Wildman–Crippen MR) is 102 cm³/mol. The van der Waals surface area contributed by atoms with Crippen LogP contribution in [0.4, 0.5) is 5.69 Å². The maximum absolute atomic E-state index is 13.6. The third kappa shape index (κ3) is 2.96. The Morgan fingerprint density at radius 1 is 1.04 bits per heavy atom. The molecule has 1 aliphatic heterocycles. The zero-order valence-corrected chi connectivity index (χ0v) is 14.8. The first-order valence-corrected chi connectivity index (χ1v) is 8.84. The van der Waals surface area contributed by atoms with Crippen LogP contribution in [0, 0.1) is 0 Å². The number of benzene rings is 2. The van der Waals surface area contributed by atoms with Gasteiger partial charge < -0.3 is 14.8 Å². The van der Waals surface area contributed by atoms with Crippen molar-refractivity contribution in [3.63, 3.8) is 0 Å². The topological polar surface area (TPSA) is 50.2 Å². The van der Waals surface area contributed by atoms with E-state index in [1.54, 1.807) is 0 Å². The lowest BCUT2D eigenvalue weighted by molar-refractivity contribution is -0.137. The van der Waals surface area contributed by atoms with Crippen molar-refractivity contribution in [3.05, 3.63) is 84.4 Å². The third-order valence-electron chi connectivity index (χ3n) is 5.00. The number of aromatic nitrogens is 2. The van der Waals surface area contributed by atoms with Crippen LogP contribution >= 0.6 is 0 Å². The molecule has 2 aromatic carbocycles. The van der Waals surface area contributed by atoms with Crippen molar-refractivity contribution in [3.8, 4) is 0 Å². The van der Waals surface area contributed by atoms with Crippen LogP contribution in [0.2, 0.25) is 0 Å². The molecule has 0 spiro atoms. The molecule has 132 valence electrons. The van der Waals surface area contributed by atoms with Crippen molar-refractivity contribution >= 4 is 11.6 Å². The molecule has 0 unspecified atom stereocenters. The van der Waals surface area contributed by atoms with Gasteiger partial charge in [-0.3, -0.25) is 4.79 Å². The minimum absolute atomic E-state index is 0.0694. The van der Waals surface area contributed by atoms with Crippen molar-refractivity contribution in [2.45, 2.75) is 25.6 Å². The lowest BCUT2D eigenvalue weighted by Crippen LogP contribution is -2.51. The van der Waals surface area contributed by atoms with Crippen molar-refractivity contribution in [1.82, 2.24) is 14.5 Å². The van der Waals surface area contributed by atoms with Gasteiger partial charge in [0.15, 0.2) is 0 Å². The number of carbonyl (C=O) groups is 1. The van der Waals surface area contributed by atoms with Gasteiger partial charge in [0.1, 0.15) is 5.54 Å². The summed E-state index contributed by atoms with van der Waals surface area (Å²) < 4.78 is 2.11. The van der Waals surface area contributed by atoms with Crippen molar-refractivity contribution < 1.29 is 4.79 Å². The van der Waals surface area contributed by atoms with Gasteiger partial charge in [0.25, 0.3) is 5.91 Å². The van der Waals surface area contributed by atoms with Crippen LogP contribution in [-0.2, 0) is 23.4 Å². The summed E-state index contributed by atoms with van der Waals surface area (Å²) >= 11 is 0.